The number of amides is 2. The lowest BCUT2D eigenvalue weighted by atomic mass is 9.79. The van der Waals surface area contributed by atoms with Crippen molar-refractivity contribution in [2.24, 2.45) is 5.41 Å². The van der Waals surface area contributed by atoms with E-state index in [-0.39, 0.29) is 17.4 Å². The molecule has 0 bridgehead atoms. The van der Waals surface area contributed by atoms with E-state index in [1.165, 1.54) is 0 Å². The Hall–Kier alpha value is -1.65. The van der Waals surface area contributed by atoms with Gasteiger partial charge in [-0.1, -0.05) is 0 Å². The van der Waals surface area contributed by atoms with E-state index in [4.69, 9.17) is 4.74 Å². The first-order valence-corrected chi connectivity index (χ1v) is 9.16. The van der Waals surface area contributed by atoms with Crippen molar-refractivity contribution in [3.05, 3.63) is 0 Å². The highest BCUT2D eigenvalue weighted by atomic mass is 16.5. The summed E-state index contributed by atoms with van der Waals surface area (Å²) < 4.78 is 5.36. The molecule has 0 aliphatic carbocycles. The van der Waals surface area contributed by atoms with Crippen LogP contribution in [0.5, 0.6) is 0 Å². The van der Waals surface area contributed by atoms with Crippen molar-refractivity contribution in [2.75, 3.05) is 53.5 Å². The number of nitriles is 1. The van der Waals surface area contributed by atoms with Crippen molar-refractivity contribution in [1.82, 2.24) is 14.7 Å². The van der Waals surface area contributed by atoms with Gasteiger partial charge in [0.15, 0.2) is 0 Å². The van der Waals surface area contributed by atoms with Gasteiger partial charge < -0.3 is 14.5 Å². The topological polar surface area (TPSA) is 76.9 Å². The predicted octanol–water partition coefficient (Wildman–Crippen LogP) is 0.462. The second-order valence-corrected chi connectivity index (χ2v) is 7.74. The highest BCUT2D eigenvalue weighted by molar-refractivity contribution is 5.86. The smallest absolute Gasteiger partial charge is 0.243 e. The minimum Gasteiger partial charge on any atom is -0.381 e. The van der Waals surface area contributed by atoms with Crippen LogP contribution in [0.15, 0.2) is 0 Å². The van der Waals surface area contributed by atoms with Gasteiger partial charge in [0.2, 0.25) is 11.8 Å². The Morgan fingerprint density at radius 2 is 1.84 bits per heavy atom. The number of hydrogen-bond donors (Lipinski definition) is 0. The molecule has 7 heteroatoms. The Morgan fingerprint density at radius 1 is 1.12 bits per heavy atom. The third-order valence-corrected chi connectivity index (χ3v) is 6.40. The van der Waals surface area contributed by atoms with Gasteiger partial charge in [-0.2, -0.15) is 5.26 Å². The van der Waals surface area contributed by atoms with Crippen molar-refractivity contribution in [1.29, 1.82) is 5.26 Å². The summed E-state index contributed by atoms with van der Waals surface area (Å²) in [5.74, 6) is 0.126. The monoisotopic (exact) mass is 348 g/mol. The Bertz CT molecular complexity index is 581. The van der Waals surface area contributed by atoms with Crippen molar-refractivity contribution in [3.8, 4) is 6.07 Å². The number of piperazine rings is 1. The van der Waals surface area contributed by atoms with Gasteiger partial charge in [-0.15, -0.1) is 0 Å². The first kappa shape index (κ1) is 18.2. The van der Waals surface area contributed by atoms with Gasteiger partial charge in [0.1, 0.15) is 5.41 Å². The molecule has 3 saturated heterocycles. The molecule has 0 aromatic rings. The van der Waals surface area contributed by atoms with Gasteiger partial charge in [-0.25, -0.2) is 0 Å². The SMILES string of the molecule is CN1CC[C@]2(CCC1=O)CN(C(=O)C1(C#N)CCOCC1)CCN2C. The molecule has 3 fully saturated rings. The van der Waals surface area contributed by atoms with E-state index in [1.54, 1.807) is 4.90 Å². The minimum absolute atomic E-state index is 0.0466. The van der Waals surface area contributed by atoms with Crippen molar-refractivity contribution in [3.63, 3.8) is 0 Å². The summed E-state index contributed by atoms with van der Waals surface area (Å²) in [5.41, 5.74) is -1.11. The first-order valence-electron chi connectivity index (χ1n) is 9.16. The van der Waals surface area contributed by atoms with Crippen LogP contribution in [0.2, 0.25) is 0 Å². The van der Waals surface area contributed by atoms with Crippen LogP contribution in [-0.4, -0.2) is 85.5 Å². The summed E-state index contributed by atoms with van der Waals surface area (Å²) in [6.07, 6.45) is 3.09. The molecular weight excluding hydrogens is 320 g/mol. The molecule has 0 radical (unpaired) electrons. The number of ether oxygens (including phenoxy) is 1. The van der Waals surface area contributed by atoms with Crippen LogP contribution >= 0.6 is 0 Å². The fourth-order valence-electron chi connectivity index (χ4n) is 4.33. The highest BCUT2D eigenvalue weighted by Crippen LogP contribution is 2.36. The zero-order valence-electron chi connectivity index (χ0n) is 15.3. The third kappa shape index (κ3) is 3.25. The molecule has 2 amide bonds. The van der Waals surface area contributed by atoms with Crippen LogP contribution in [0.4, 0.5) is 0 Å². The third-order valence-electron chi connectivity index (χ3n) is 6.40. The van der Waals surface area contributed by atoms with Crippen LogP contribution in [0.3, 0.4) is 0 Å². The molecule has 1 spiro atoms. The quantitative estimate of drug-likeness (QED) is 0.688. The Balaban J connectivity index is 1.79. The minimum atomic E-state index is -0.938. The molecule has 7 nitrogen and oxygen atoms in total. The molecule has 1 atom stereocenters. The van der Waals surface area contributed by atoms with Gasteiger partial charge in [-0.3, -0.25) is 14.5 Å². The fourth-order valence-corrected chi connectivity index (χ4v) is 4.33. The van der Waals surface area contributed by atoms with E-state index >= 15 is 0 Å². The van der Waals surface area contributed by atoms with E-state index in [1.807, 2.05) is 11.9 Å². The first-order chi connectivity index (χ1) is 11.9. The van der Waals surface area contributed by atoms with Crippen molar-refractivity contribution < 1.29 is 14.3 Å². The largest absolute Gasteiger partial charge is 0.381 e. The summed E-state index contributed by atoms with van der Waals surface area (Å²) in [6.45, 7) is 3.68. The number of likely N-dealkylation sites (tertiary alicyclic amines) is 1. The average Bonchev–Trinajstić information content (AvgIpc) is 2.78. The van der Waals surface area contributed by atoms with Gasteiger partial charge in [-0.05, 0) is 32.7 Å². The molecule has 3 aliphatic rings. The lowest BCUT2D eigenvalue weighted by molar-refractivity contribution is -0.149. The number of nitrogens with zero attached hydrogens (tertiary/aromatic N) is 4. The van der Waals surface area contributed by atoms with E-state index in [0.29, 0.717) is 52.1 Å². The maximum Gasteiger partial charge on any atom is 0.243 e. The molecule has 0 aromatic heterocycles. The number of carbonyl (C=O) groups is 2. The Morgan fingerprint density at radius 3 is 2.52 bits per heavy atom. The van der Waals surface area contributed by atoms with Crippen molar-refractivity contribution >= 4 is 11.8 Å². The second kappa shape index (κ2) is 6.93. The van der Waals surface area contributed by atoms with Crippen molar-refractivity contribution in [2.45, 2.75) is 37.6 Å². The van der Waals surface area contributed by atoms with E-state index in [2.05, 4.69) is 18.0 Å². The van der Waals surface area contributed by atoms with Crippen LogP contribution < -0.4 is 0 Å². The Kier molecular flexibility index (Phi) is 5.03. The van der Waals surface area contributed by atoms with Gasteiger partial charge in [0.05, 0.1) is 6.07 Å². The van der Waals surface area contributed by atoms with Crippen LogP contribution in [-0.2, 0) is 14.3 Å². The summed E-state index contributed by atoms with van der Waals surface area (Å²) in [6, 6.07) is 2.30. The molecule has 0 saturated carbocycles. The van der Waals surface area contributed by atoms with Gasteiger partial charge >= 0.3 is 0 Å². The number of hydrogen-bond acceptors (Lipinski definition) is 5. The number of carbonyl (C=O) groups excluding carboxylic acids is 2. The lowest BCUT2D eigenvalue weighted by Crippen LogP contribution is -2.64. The highest BCUT2D eigenvalue weighted by Gasteiger charge is 2.48. The molecule has 138 valence electrons. The van der Waals surface area contributed by atoms with Crippen LogP contribution in [0.25, 0.3) is 0 Å². The molecule has 3 heterocycles. The number of likely N-dealkylation sites (N-methyl/N-ethyl adjacent to an activating group) is 1. The maximum absolute atomic E-state index is 13.2. The Labute approximate surface area is 149 Å². The van der Waals surface area contributed by atoms with Gasteiger partial charge in [0, 0.05) is 58.4 Å². The van der Waals surface area contributed by atoms with E-state index < -0.39 is 5.41 Å². The zero-order chi connectivity index (χ0) is 18.1. The lowest BCUT2D eigenvalue weighted by Gasteiger charge is -2.50. The summed E-state index contributed by atoms with van der Waals surface area (Å²) in [5, 5.41) is 9.70. The predicted molar refractivity (Wildman–Crippen MR) is 91.5 cm³/mol. The molecule has 0 N–H and O–H groups in total. The van der Waals surface area contributed by atoms with E-state index in [9.17, 15) is 14.9 Å². The summed E-state index contributed by atoms with van der Waals surface area (Å²) in [7, 11) is 3.94. The normalized spacial score (nSPS) is 30.8. The molecule has 25 heavy (non-hydrogen) atoms. The fraction of sp³-hybridized carbons (Fsp3) is 0.833. The molecule has 3 rings (SSSR count). The van der Waals surface area contributed by atoms with E-state index in [0.717, 1.165) is 19.4 Å². The molecular formula is C18H28N4O3. The second-order valence-electron chi connectivity index (χ2n) is 7.74. The van der Waals surface area contributed by atoms with Crippen LogP contribution in [0, 0.1) is 16.7 Å². The van der Waals surface area contributed by atoms with Gasteiger partial charge in [0.25, 0.3) is 0 Å². The zero-order valence-corrected chi connectivity index (χ0v) is 15.3. The molecule has 0 unspecified atom stereocenters. The summed E-state index contributed by atoms with van der Waals surface area (Å²) >= 11 is 0. The number of rotatable bonds is 1. The standard InChI is InChI=1S/C18H28N4O3/c1-20-8-5-18(4-3-15(20)23)14-22(10-9-21(18)2)16(24)17(13-19)6-11-25-12-7-17/h3-12,14H2,1-2H3/t18-/m1/s1. The molecule has 0 aromatic carbocycles. The molecule has 3 aliphatic heterocycles. The average molecular weight is 348 g/mol. The van der Waals surface area contributed by atoms with Crippen LogP contribution in [0.1, 0.15) is 32.1 Å². The summed E-state index contributed by atoms with van der Waals surface area (Å²) in [4.78, 5) is 31.3. The maximum atomic E-state index is 13.2.